The fourth-order valence-electron chi connectivity index (χ4n) is 3.32. The van der Waals surface area contributed by atoms with Gasteiger partial charge in [-0.3, -0.25) is 14.3 Å². The van der Waals surface area contributed by atoms with Gasteiger partial charge < -0.3 is 4.74 Å². The van der Waals surface area contributed by atoms with E-state index in [1.54, 1.807) is 41.5 Å². The molecule has 0 spiro atoms. The Morgan fingerprint density at radius 3 is 2.56 bits per heavy atom. The van der Waals surface area contributed by atoms with Crippen molar-refractivity contribution in [1.29, 1.82) is 0 Å². The van der Waals surface area contributed by atoms with Gasteiger partial charge in [0.2, 0.25) is 0 Å². The topological polar surface area (TPSA) is 99.2 Å². The maximum atomic E-state index is 13.3. The molecule has 0 unspecified atom stereocenters. The van der Waals surface area contributed by atoms with Crippen molar-refractivity contribution in [2.45, 2.75) is 0 Å². The van der Waals surface area contributed by atoms with Gasteiger partial charge in [-0.25, -0.2) is 19.2 Å². The van der Waals surface area contributed by atoms with Crippen LogP contribution in [-0.4, -0.2) is 42.3 Å². The van der Waals surface area contributed by atoms with Crippen LogP contribution >= 0.6 is 0 Å². The lowest BCUT2D eigenvalue weighted by molar-refractivity contribution is 0.187. The molecule has 4 aromatic heterocycles. The van der Waals surface area contributed by atoms with Crippen molar-refractivity contribution in [3.8, 4) is 28.3 Å². The maximum absolute atomic E-state index is 13.3. The van der Waals surface area contributed by atoms with E-state index in [0.717, 1.165) is 28.2 Å². The molecule has 0 saturated heterocycles. The Bertz CT molecular complexity index is 1410. The minimum Gasteiger partial charge on any atom is -0.453 e. The number of halogens is 1. The number of ether oxygens (including phenoxy) is 1. The first-order valence-electron chi connectivity index (χ1n) is 9.57. The number of hydrogen-bond acceptors (Lipinski definition) is 6. The summed E-state index contributed by atoms with van der Waals surface area (Å²) in [5.41, 5.74) is 3.91. The zero-order valence-corrected chi connectivity index (χ0v) is 16.8. The van der Waals surface area contributed by atoms with Crippen molar-refractivity contribution < 1.29 is 13.9 Å². The summed E-state index contributed by atoms with van der Waals surface area (Å²) >= 11 is 0. The summed E-state index contributed by atoms with van der Waals surface area (Å²) in [4.78, 5) is 20.1. The number of imidazole rings is 1. The van der Waals surface area contributed by atoms with Gasteiger partial charge in [0.05, 0.1) is 19.0 Å². The third-order valence-corrected chi connectivity index (χ3v) is 4.89. The highest BCUT2D eigenvalue weighted by atomic mass is 19.1. The molecule has 1 aromatic carbocycles. The molecule has 10 heteroatoms. The van der Waals surface area contributed by atoms with Crippen LogP contribution in [0.5, 0.6) is 0 Å². The molecule has 0 saturated carbocycles. The van der Waals surface area contributed by atoms with E-state index in [1.807, 2.05) is 28.8 Å². The predicted octanol–water partition coefficient (Wildman–Crippen LogP) is 3.96. The summed E-state index contributed by atoms with van der Waals surface area (Å²) in [6.07, 6.45) is 6.28. The number of pyridine rings is 2. The number of hydrogen-bond donors (Lipinski definition) is 1. The normalized spacial score (nSPS) is 10.9. The fraction of sp³-hybridized carbons (Fsp3) is 0.0455. The lowest BCUT2D eigenvalue weighted by Crippen LogP contribution is -2.11. The second-order valence-corrected chi connectivity index (χ2v) is 6.84. The highest BCUT2D eigenvalue weighted by Gasteiger charge is 2.13. The Labute approximate surface area is 181 Å². The van der Waals surface area contributed by atoms with E-state index in [9.17, 15) is 9.18 Å². The molecule has 1 amide bonds. The van der Waals surface area contributed by atoms with E-state index in [-0.39, 0.29) is 5.82 Å². The largest absolute Gasteiger partial charge is 0.453 e. The van der Waals surface area contributed by atoms with Crippen LogP contribution in [0.15, 0.2) is 73.4 Å². The molecular weight excluding hydrogens is 413 g/mol. The van der Waals surface area contributed by atoms with Gasteiger partial charge in [0.25, 0.3) is 0 Å². The Balaban J connectivity index is 1.52. The van der Waals surface area contributed by atoms with Gasteiger partial charge in [0.1, 0.15) is 23.6 Å². The standard InChI is InChI=1S/C22H16FN7O2/c1-32-22(31)27-19-8-2-14(10-24-19)18-11-25-20-9-3-15(12-29(18)20)21-28-26-13-30(21)17-6-4-16(23)5-7-17/h2-13H,1H3,(H,24,27,31). The zero-order chi connectivity index (χ0) is 22.1. The van der Waals surface area contributed by atoms with E-state index < -0.39 is 6.09 Å². The molecule has 0 bridgehead atoms. The van der Waals surface area contributed by atoms with Gasteiger partial charge >= 0.3 is 6.09 Å². The van der Waals surface area contributed by atoms with Crippen molar-refractivity contribution in [3.63, 3.8) is 0 Å². The molecule has 4 heterocycles. The molecule has 0 aliphatic heterocycles. The van der Waals surface area contributed by atoms with E-state index in [1.165, 1.54) is 19.2 Å². The molecule has 5 rings (SSSR count). The van der Waals surface area contributed by atoms with E-state index >= 15 is 0 Å². The van der Waals surface area contributed by atoms with Crippen LogP contribution in [-0.2, 0) is 4.74 Å². The number of benzene rings is 1. The summed E-state index contributed by atoms with van der Waals surface area (Å²) in [5.74, 6) is 0.672. The fourth-order valence-corrected chi connectivity index (χ4v) is 3.32. The average molecular weight is 429 g/mol. The Morgan fingerprint density at radius 2 is 1.81 bits per heavy atom. The Morgan fingerprint density at radius 1 is 1.00 bits per heavy atom. The molecule has 5 aromatic rings. The first-order valence-corrected chi connectivity index (χ1v) is 9.57. The van der Waals surface area contributed by atoms with Crippen LogP contribution in [0.25, 0.3) is 34.0 Å². The van der Waals surface area contributed by atoms with E-state index in [0.29, 0.717) is 11.6 Å². The highest BCUT2D eigenvalue weighted by Crippen LogP contribution is 2.26. The van der Waals surface area contributed by atoms with Gasteiger partial charge in [0.15, 0.2) is 5.82 Å². The summed E-state index contributed by atoms with van der Waals surface area (Å²) in [5, 5.41) is 10.8. The van der Waals surface area contributed by atoms with Gasteiger partial charge in [-0.05, 0) is 48.5 Å². The zero-order valence-electron chi connectivity index (χ0n) is 16.8. The summed E-state index contributed by atoms with van der Waals surface area (Å²) in [6, 6.07) is 13.4. The number of anilines is 1. The third-order valence-electron chi connectivity index (χ3n) is 4.89. The summed E-state index contributed by atoms with van der Waals surface area (Å²) < 4.78 is 21.6. The number of fused-ring (bicyclic) bond motifs is 1. The van der Waals surface area contributed by atoms with Gasteiger partial charge in [0, 0.05) is 29.2 Å². The van der Waals surface area contributed by atoms with Crippen LogP contribution in [0, 0.1) is 5.82 Å². The minimum absolute atomic E-state index is 0.311. The molecule has 9 nitrogen and oxygen atoms in total. The average Bonchev–Trinajstić information content (AvgIpc) is 3.47. The molecule has 0 aliphatic rings. The third kappa shape index (κ3) is 3.54. The monoisotopic (exact) mass is 429 g/mol. The first kappa shape index (κ1) is 19.4. The van der Waals surface area contributed by atoms with Crippen molar-refractivity contribution in [1.82, 2.24) is 29.1 Å². The lowest BCUT2D eigenvalue weighted by atomic mass is 10.2. The quantitative estimate of drug-likeness (QED) is 0.464. The van der Waals surface area contributed by atoms with E-state index in [2.05, 4.69) is 30.2 Å². The summed E-state index contributed by atoms with van der Waals surface area (Å²) in [7, 11) is 1.29. The number of aromatic nitrogens is 6. The second-order valence-electron chi connectivity index (χ2n) is 6.84. The van der Waals surface area contributed by atoms with Crippen molar-refractivity contribution in [2.24, 2.45) is 0 Å². The Hall–Kier alpha value is -4.60. The van der Waals surface area contributed by atoms with Crippen LogP contribution in [0.1, 0.15) is 0 Å². The van der Waals surface area contributed by atoms with E-state index in [4.69, 9.17) is 0 Å². The molecular formula is C22H16FN7O2. The molecule has 0 fully saturated rings. The number of nitrogens with one attached hydrogen (secondary N) is 1. The van der Waals surface area contributed by atoms with Crippen molar-refractivity contribution in [2.75, 3.05) is 12.4 Å². The SMILES string of the molecule is COC(=O)Nc1ccc(-c2cnc3ccc(-c4nncn4-c4ccc(F)cc4)cn23)cn1. The number of nitrogens with zero attached hydrogens (tertiary/aromatic N) is 6. The number of amides is 1. The van der Waals surface area contributed by atoms with Gasteiger partial charge in [-0.1, -0.05) is 0 Å². The summed E-state index contributed by atoms with van der Waals surface area (Å²) in [6.45, 7) is 0. The maximum Gasteiger partial charge on any atom is 0.412 e. The van der Waals surface area contributed by atoms with Crippen LogP contribution in [0.4, 0.5) is 15.0 Å². The highest BCUT2D eigenvalue weighted by molar-refractivity contribution is 5.83. The van der Waals surface area contributed by atoms with Gasteiger partial charge in [-0.2, -0.15) is 0 Å². The van der Waals surface area contributed by atoms with Crippen LogP contribution in [0.3, 0.4) is 0 Å². The van der Waals surface area contributed by atoms with Crippen LogP contribution < -0.4 is 5.32 Å². The van der Waals surface area contributed by atoms with Crippen LogP contribution in [0.2, 0.25) is 0 Å². The van der Waals surface area contributed by atoms with Crippen molar-refractivity contribution in [3.05, 3.63) is 79.3 Å². The minimum atomic E-state index is -0.588. The Kier molecular flexibility index (Phi) is 4.79. The first-order chi connectivity index (χ1) is 15.6. The smallest absolute Gasteiger partial charge is 0.412 e. The van der Waals surface area contributed by atoms with Crippen molar-refractivity contribution >= 4 is 17.6 Å². The number of rotatable bonds is 4. The molecule has 158 valence electrons. The molecule has 32 heavy (non-hydrogen) atoms. The lowest BCUT2D eigenvalue weighted by Gasteiger charge is -2.08. The van der Waals surface area contributed by atoms with Gasteiger partial charge in [-0.15, -0.1) is 10.2 Å². The molecule has 0 radical (unpaired) electrons. The second kappa shape index (κ2) is 7.91. The number of carbonyl (C=O) groups excluding carboxylic acids is 1. The predicted molar refractivity (Wildman–Crippen MR) is 115 cm³/mol. The number of methoxy groups -OCH3 is 1. The number of carbonyl (C=O) groups is 1. The molecule has 0 aliphatic carbocycles. The molecule has 0 atom stereocenters. The molecule has 1 N–H and O–H groups in total.